The van der Waals surface area contributed by atoms with Crippen LogP contribution in [0.1, 0.15) is 27.7 Å². The molecule has 1 fully saturated rings. The first kappa shape index (κ1) is 19.4. The Hall–Kier alpha value is 0.105. The van der Waals surface area contributed by atoms with Crippen LogP contribution in [0.5, 0.6) is 0 Å². The van der Waals surface area contributed by atoms with Gasteiger partial charge in [-0.25, -0.2) is 15.6 Å². The lowest BCUT2D eigenvalue weighted by Crippen LogP contribution is -2.38. The van der Waals surface area contributed by atoms with Gasteiger partial charge in [0.25, 0.3) is 8.53 Å². The van der Waals surface area contributed by atoms with Gasteiger partial charge in [-0.2, -0.15) is 11.8 Å². The molecule has 0 radical (unpaired) electrons. The summed E-state index contributed by atoms with van der Waals surface area (Å²) in [7, 11) is 0.331. The van der Waals surface area contributed by atoms with Crippen LogP contribution in [0.2, 0.25) is 0 Å². The summed E-state index contributed by atoms with van der Waals surface area (Å²) in [5.74, 6) is 0. The van der Waals surface area contributed by atoms with Gasteiger partial charge in [-0.05, 0) is 27.7 Å². The maximum absolute atomic E-state index is 14.6. The van der Waals surface area contributed by atoms with E-state index >= 15 is 0 Å². The van der Waals surface area contributed by atoms with Crippen molar-refractivity contribution in [3.63, 3.8) is 0 Å². The first-order valence-corrected chi connectivity index (χ1v) is 9.99. The molecule has 1 aliphatic rings. The number of aliphatic hydroxyl groups excluding tert-OH is 1. The number of nitrogens with zero attached hydrogens (tertiary/aromatic N) is 2. The highest BCUT2D eigenvalue weighted by molar-refractivity contribution is 8.02. The van der Waals surface area contributed by atoms with Gasteiger partial charge in [-0.3, -0.25) is 0 Å². The Balaban J connectivity index is 2.90. The van der Waals surface area contributed by atoms with Crippen molar-refractivity contribution < 1.29 is 18.5 Å². The second-order valence-corrected chi connectivity index (χ2v) is 9.11. The van der Waals surface area contributed by atoms with Gasteiger partial charge in [0.15, 0.2) is 0 Å². The molecule has 0 aromatic rings. The number of rotatable bonds is 10. The van der Waals surface area contributed by atoms with E-state index in [1.807, 2.05) is 35.5 Å². The summed E-state index contributed by atoms with van der Waals surface area (Å²) >= 11 is 1.45. The van der Waals surface area contributed by atoms with Crippen LogP contribution in [0, 0.1) is 6.57 Å². The number of aliphatic hydroxyl groups is 1. The van der Waals surface area contributed by atoms with E-state index in [2.05, 4.69) is 14.6 Å². The third-order valence-electron chi connectivity index (χ3n) is 3.55. The highest BCUT2D eigenvalue weighted by Gasteiger charge is 2.45. The SMILES string of the molecule is [2H]OC[C@H]1S[C@@H](B)[C@@H](F)[C@@H]1OP(OCC[N+]#[C-])N(C(C)C)C(C)C. The van der Waals surface area contributed by atoms with Gasteiger partial charge in [0, 0.05) is 17.2 Å². The molecule has 1 rings (SSSR count). The number of alkyl halides is 1. The predicted octanol–water partition coefficient (Wildman–Crippen LogP) is 2.06. The molecular weight excluding hydrogens is 337 g/mol. The summed E-state index contributed by atoms with van der Waals surface area (Å²) in [6.07, 6.45) is -1.81. The van der Waals surface area contributed by atoms with Gasteiger partial charge in [0.2, 0.25) is 7.98 Å². The van der Waals surface area contributed by atoms with E-state index in [9.17, 15) is 4.39 Å². The fraction of sp³-hybridized carbons (Fsp3) is 0.929. The van der Waals surface area contributed by atoms with Crippen LogP contribution in [-0.2, 0) is 9.05 Å². The van der Waals surface area contributed by atoms with Crippen LogP contribution in [-0.4, -0.2) is 73.6 Å². The van der Waals surface area contributed by atoms with Crippen LogP contribution in [0.3, 0.4) is 0 Å². The van der Waals surface area contributed by atoms with Crippen LogP contribution in [0.4, 0.5) is 4.39 Å². The minimum atomic E-state index is -1.49. The first-order valence-electron chi connectivity index (χ1n) is 8.33. The zero-order valence-corrected chi connectivity index (χ0v) is 16.1. The predicted molar refractivity (Wildman–Crippen MR) is 97.0 cm³/mol. The summed E-state index contributed by atoms with van der Waals surface area (Å²) in [6.45, 7) is 15.7. The Morgan fingerprint density at radius 2 is 2.13 bits per heavy atom. The van der Waals surface area contributed by atoms with E-state index < -0.39 is 20.8 Å². The second-order valence-electron chi connectivity index (χ2n) is 6.08. The molecule has 1 aliphatic heterocycles. The van der Waals surface area contributed by atoms with Crippen LogP contribution < -0.4 is 0 Å². The molecule has 1 N–H and O–H groups in total. The maximum Gasteiger partial charge on any atom is 0.259 e. The van der Waals surface area contributed by atoms with Gasteiger partial charge in [0.1, 0.15) is 26.7 Å². The van der Waals surface area contributed by atoms with Crippen molar-refractivity contribution in [2.24, 2.45) is 0 Å². The Labute approximate surface area is 147 Å². The normalized spacial score (nSPS) is 30.0. The molecule has 5 nitrogen and oxygen atoms in total. The minimum Gasteiger partial charge on any atom is -0.395 e. The summed E-state index contributed by atoms with van der Waals surface area (Å²) < 4.78 is 35.6. The fourth-order valence-electron chi connectivity index (χ4n) is 2.55. The van der Waals surface area contributed by atoms with Crippen LogP contribution >= 0.6 is 20.3 Å². The summed E-state index contributed by atoms with van der Waals surface area (Å²) in [5, 5.41) is 4.04. The van der Waals surface area contributed by atoms with Crippen molar-refractivity contribution in [3.05, 3.63) is 11.4 Å². The van der Waals surface area contributed by atoms with Crippen molar-refractivity contribution in [3.8, 4) is 0 Å². The number of hydrogen-bond donors (Lipinski definition) is 1. The average Bonchev–Trinajstić information content (AvgIpc) is 2.74. The summed E-state index contributed by atoms with van der Waals surface area (Å²) in [5.41, 5.74) is 0. The topological polar surface area (TPSA) is 46.3 Å². The molecule has 132 valence electrons. The van der Waals surface area contributed by atoms with Gasteiger partial charge < -0.3 is 19.0 Å². The Kier molecular flexibility index (Phi) is 8.60. The minimum absolute atomic E-state index is 0.120. The van der Waals surface area contributed by atoms with Gasteiger partial charge in [0.05, 0.1) is 11.9 Å². The average molecular weight is 365 g/mol. The second kappa shape index (κ2) is 10.2. The van der Waals surface area contributed by atoms with Gasteiger partial charge in [-0.1, -0.05) is 0 Å². The fourth-order valence-corrected chi connectivity index (χ4v) is 5.70. The van der Waals surface area contributed by atoms with E-state index in [0.29, 0.717) is 0 Å². The van der Waals surface area contributed by atoms with E-state index in [1.54, 1.807) is 0 Å². The first-order chi connectivity index (χ1) is 11.3. The molecular formula is C14H27BFN2O3PS. The van der Waals surface area contributed by atoms with E-state index in [1.165, 1.54) is 11.8 Å². The Morgan fingerprint density at radius 3 is 2.65 bits per heavy atom. The molecule has 0 bridgehead atoms. The number of thioether (sulfide) groups is 1. The van der Waals surface area contributed by atoms with Crippen LogP contribution in [0.25, 0.3) is 4.85 Å². The van der Waals surface area contributed by atoms with Crippen molar-refractivity contribution in [1.29, 1.82) is 1.43 Å². The molecule has 0 aromatic carbocycles. The monoisotopic (exact) mass is 365 g/mol. The third-order valence-corrected chi connectivity index (χ3v) is 7.12. The van der Waals surface area contributed by atoms with Crippen molar-refractivity contribution in [2.45, 2.75) is 62.5 Å². The molecule has 1 heterocycles. The van der Waals surface area contributed by atoms with Gasteiger partial charge in [-0.15, -0.1) is 0 Å². The number of hydrogen-bond acceptors (Lipinski definition) is 5. The lowest BCUT2D eigenvalue weighted by atomic mass is 9.95. The zero-order valence-electron chi connectivity index (χ0n) is 15.4. The van der Waals surface area contributed by atoms with Crippen molar-refractivity contribution >= 4 is 28.1 Å². The molecule has 5 atom stereocenters. The lowest BCUT2D eigenvalue weighted by molar-refractivity contribution is 0.0730. The standard InChI is InChI=1S/C14H27BFN2O3PS/c1-9(2)18(10(3)4)22(20-7-6-17-5)21-13-11(8-19)23-14(15)12(13)16/h9-14,19H,6-8,15H2,1-4H3/t11-,12+,13-,14-,22?/m1/s1/i19D. The van der Waals surface area contributed by atoms with Crippen molar-refractivity contribution in [1.82, 2.24) is 4.67 Å². The molecule has 0 aromatic heterocycles. The summed E-state index contributed by atoms with van der Waals surface area (Å²) in [4.78, 5) is 3.30. The molecule has 0 aliphatic carbocycles. The summed E-state index contributed by atoms with van der Waals surface area (Å²) in [6, 6.07) is 0.332. The van der Waals surface area contributed by atoms with Gasteiger partial charge >= 0.3 is 0 Å². The molecule has 0 spiro atoms. The maximum atomic E-state index is 14.6. The zero-order chi connectivity index (χ0) is 18.3. The Bertz CT molecular complexity index is 414. The molecule has 1 saturated heterocycles. The highest BCUT2D eigenvalue weighted by atomic mass is 32.2. The van der Waals surface area contributed by atoms with Crippen LogP contribution in [0.15, 0.2) is 0 Å². The lowest BCUT2D eigenvalue weighted by Gasteiger charge is -2.37. The Morgan fingerprint density at radius 1 is 1.48 bits per heavy atom. The number of halogens is 1. The molecule has 0 amide bonds. The van der Waals surface area contributed by atoms with E-state index in [0.717, 1.165) is 0 Å². The molecule has 9 heteroatoms. The molecule has 23 heavy (non-hydrogen) atoms. The van der Waals surface area contributed by atoms with E-state index in [-0.39, 0.29) is 42.2 Å². The van der Waals surface area contributed by atoms with Crippen molar-refractivity contribution in [2.75, 3.05) is 19.8 Å². The third kappa shape index (κ3) is 5.84. The molecule has 1 unspecified atom stereocenters. The largest absolute Gasteiger partial charge is 0.395 e. The quantitative estimate of drug-likeness (QED) is 0.278. The molecule has 0 saturated carbocycles. The van der Waals surface area contributed by atoms with E-state index in [4.69, 9.17) is 17.1 Å². The highest BCUT2D eigenvalue weighted by Crippen LogP contribution is 2.51. The smallest absolute Gasteiger partial charge is 0.259 e.